The summed E-state index contributed by atoms with van der Waals surface area (Å²) >= 11 is 0. The third kappa shape index (κ3) is 3.83. The van der Waals surface area contributed by atoms with Crippen LogP contribution in [0.15, 0.2) is 12.3 Å². The molecular formula is C11H21N5O. The molecule has 6 heteroatoms. The van der Waals surface area contributed by atoms with Crippen molar-refractivity contribution in [2.45, 2.75) is 26.3 Å². The Morgan fingerprint density at radius 1 is 1.59 bits per heavy atom. The molecule has 0 fully saturated rings. The smallest absolute Gasteiger partial charge is 0.239 e. The minimum absolute atomic E-state index is 0.394. The summed E-state index contributed by atoms with van der Waals surface area (Å²) in [6.07, 6.45) is 2.73. The van der Waals surface area contributed by atoms with Crippen LogP contribution in [0, 0.1) is 0 Å². The maximum atomic E-state index is 5.31. The van der Waals surface area contributed by atoms with Gasteiger partial charge in [0.1, 0.15) is 5.82 Å². The van der Waals surface area contributed by atoms with Gasteiger partial charge < -0.3 is 9.64 Å². The van der Waals surface area contributed by atoms with Gasteiger partial charge in [0.15, 0.2) is 0 Å². The average molecular weight is 239 g/mol. The van der Waals surface area contributed by atoms with Crippen molar-refractivity contribution in [2.75, 3.05) is 30.6 Å². The fourth-order valence-electron chi connectivity index (χ4n) is 1.55. The fraction of sp³-hybridized carbons (Fsp3) is 0.636. The molecule has 1 aromatic heterocycles. The lowest BCUT2D eigenvalue weighted by molar-refractivity contribution is 0.203. The molecule has 0 amide bonds. The number of nitrogen functional groups attached to an aromatic ring is 1. The predicted molar refractivity (Wildman–Crippen MR) is 68.8 cm³/mol. The molecule has 1 aromatic rings. The summed E-state index contributed by atoms with van der Waals surface area (Å²) in [7, 11) is 1.70. The van der Waals surface area contributed by atoms with Crippen LogP contribution in [0.3, 0.4) is 0 Å². The summed E-state index contributed by atoms with van der Waals surface area (Å²) in [5.41, 5.74) is 2.46. The number of nitrogens with one attached hydrogen (secondary N) is 1. The lowest BCUT2D eigenvalue weighted by Gasteiger charge is -2.29. The lowest BCUT2D eigenvalue weighted by Crippen LogP contribution is -2.36. The Kier molecular flexibility index (Phi) is 5.65. The van der Waals surface area contributed by atoms with Crippen molar-refractivity contribution >= 4 is 11.8 Å². The molecule has 0 spiro atoms. The maximum absolute atomic E-state index is 5.31. The van der Waals surface area contributed by atoms with E-state index in [1.807, 2.05) is 6.07 Å². The molecule has 0 saturated heterocycles. The Morgan fingerprint density at radius 2 is 2.35 bits per heavy atom. The summed E-state index contributed by atoms with van der Waals surface area (Å²) in [6, 6.07) is 2.27. The van der Waals surface area contributed by atoms with Gasteiger partial charge in [-0.25, -0.2) is 10.8 Å². The SMILES string of the molecule is CCC(C)N(CCOC)c1ccnc(NN)n1. The first-order valence-corrected chi connectivity index (χ1v) is 5.78. The van der Waals surface area contributed by atoms with E-state index >= 15 is 0 Å². The molecule has 1 unspecified atom stereocenters. The number of anilines is 2. The van der Waals surface area contributed by atoms with E-state index in [4.69, 9.17) is 10.6 Å². The normalized spacial score (nSPS) is 12.2. The van der Waals surface area contributed by atoms with Crippen molar-refractivity contribution in [1.82, 2.24) is 9.97 Å². The average Bonchev–Trinajstić information content (AvgIpc) is 2.39. The predicted octanol–water partition coefficient (Wildman–Crippen LogP) is 1.01. The third-order valence-corrected chi connectivity index (χ3v) is 2.72. The largest absolute Gasteiger partial charge is 0.383 e. The van der Waals surface area contributed by atoms with Crippen molar-refractivity contribution in [3.8, 4) is 0 Å². The summed E-state index contributed by atoms with van der Waals surface area (Å²) in [5.74, 6) is 6.59. The molecule has 17 heavy (non-hydrogen) atoms. The molecule has 0 aliphatic rings. The number of ether oxygens (including phenoxy) is 1. The lowest BCUT2D eigenvalue weighted by atomic mass is 10.2. The van der Waals surface area contributed by atoms with E-state index < -0.39 is 0 Å². The van der Waals surface area contributed by atoms with Crippen LogP contribution < -0.4 is 16.2 Å². The summed E-state index contributed by atoms with van der Waals surface area (Å²) in [5, 5.41) is 0. The van der Waals surface area contributed by atoms with Gasteiger partial charge in [0, 0.05) is 25.9 Å². The number of hydrogen-bond acceptors (Lipinski definition) is 6. The van der Waals surface area contributed by atoms with Crippen molar-refractivity contribution in [3.05, 3.63) is 12.3 Å². The second-order valence-corrected chi connectivity index (χ2v) is 3.83. The first-order chi connectivity index (χ1) is 8.22. The number of aromatic nitrogens is 2. The number of hydrogen-bond donors (Lipinski definition) is 2. The maximum Gasteiger partial charge on any atom is 0.239 e. The molecule has 0 aromatic carbocycles. The number of rotatable bonds is 7. The quantitative estimate of drug-likeness (QED) is 0.546. The highest BCUT2D eigenvalue weighted by Gasteiger charge is 2.14. The van der Waals surface area contributed by atoms with Gasteiger partial charge in [0.05, 0.1) is 6.61 Å². The number of nitrogens with zero attached hydrogens (tertiary/aromatic N) is 3. The van der Waals surface area contributed by atoms with E-state index in [0.29, 0.717) is 18.6 Å². The molecule has 0 bridgehead atoms. The number of nitrogens with two attached hydrogens (primary N) is 1. The van der Waals surface area contributed by atoms with E-state index in [0.717, 1.165) is 18.8 Å². The van der Waals surface area contributed by atoms with Gasteiger partial charge in [-0.15, -0.1) is 0 Å². The zero-order valence-corrected chi connectivity index (χ0v) is 10.7. The molecule has 1 atom stereocenters. The van der Waals surface area contributed by atoms with Crippen molar-refractivity contribution in [3.63, 3.8) is 0 Å². The van der Waals surface area contributed by atoms with E-state index in [-0.39, 0.29) is 0 Å². The Balaban J connectivity index is 2.86. The topological polar surface area (TPSA) is 76.3 Å². The van der Waals surface area contributed by atoms with E-state index in [1.165, 1.54) is 0 Å². The minimum Gasteiger partial charge on any atom is -0.383 e. The van der Waals surface area contributed by atoms with Gasteiger partial charge in [-0.1, -0.05) is 6.92 Å². The standard InChI is InChI=1S/C11H21N5O/c1-4-9(2)16(7-8-17-3)10-5-6-13-11(14-10)15-12/h5-6,9H,4,7-8,12H2,1-3H3,(H,13,14,15). The van der Waals surface area contributed by atoms with Gasteiger partial charge in [-0.05, 0) is 19.4 Å². The van der Waals surface area contributed by atoms with Crippen molar-refractivity contribution in [2.24, 2.45) is 5.84 Å². The second kappa shape index (κ2) is 7.03. The molecule has 1 rings (SSSR count). The van der Waals surface area contributed by atoms with Gasteiger partial charge in [-0.3, -0.25) is 5.43 Å². The molecule has 96 valence electrons. The van der Waals surface area contributed by atoms with E-state index in [1.54, 1.807) is 13.3 Å². The third-order valence-electron chi connectivity index (χ3n) is 2.72. The van der Waals surface area contributed by atoms with Gasteiger partial charge in [0.2, 0.25) is 5.95 Å². The van der Waals surface area contributed by atoms with Crippen LogP contribution in [-0.4, -0.2) is 36.3 Å². The number of hydrazine groups is 1. The van der Waals surface area contributed by atoms with Crippen LogP contribution in [0.2, 0.25) is 0 Å². The number of methoxy groups -OCH3 is 1. The molecule has 6 nitrogen and oxygen atoms in total. The van der Waals surface area contributed by atoms with Crippen LogP contribution in [0.5, 0.6) is 0 Å². The summed E-state index contributed by atoms with van der Waals surface area (Å²) in [4.78, 5) is 10.5. The first kappa shape index (κ1) is 13.7. The molecule has 0 saturated carbocycles. The second-order valence-electron chi connectivity index (χ2n) is 3.83. The first-order valence-electron chi connectivity index (χ1n) is 5.78. The van der Waals surface area contributed by atoms with Gasteiger partial charge in [-0.2, -0.15) is 4.98 Å². The summed E-state index contributed by atoms with van der Waals surface area (Å²) < 4.78 is 5.12. The molecule has 0 radical (unpaired) electrons. The van der Waals surface area contributed by atoms with Crippen molar-refractivity contribution < 1.29 is 4.74 Å². The Hall–Kier alpha value is -1.40. The zero-order valence-electron chi connectivity index (χ0n) is 10.7. The van der Waals surface area contributed by atoms with Gasteiger partial charge >= 0.3 is 0 Å². The highest BCUT2D eigenvalue weighted by molar-refractivity contribution is 5.42. The minimum atomic E-state index is 0.394. The molecule has 0 aliphatic heterocycles. The Morgan fingerprint density at radius 3 is 2.94 bits per heavy atom. The fourth-order valence-corrected chi connectivity index (χ4v) is 1.55. The molecular weight excluding hydrogens is 218 g/mol. The van der Waals surface area contributed by atoms with E-state index in [2.05, 4.69) is 34.1 Å². The molecule has 3 N–H and O–H groups in total. The molecule has 0 aliphatic carbocycles. The van der Waals surface area contributed by atoms with Crippen LogP contribution >= 0.6 is 0 Å². The zero-order chi connectivity index (χ0) is 12.7. The molecule has 1 heterocycles. The van der Waals surface area contributed by atoms with Crippen LogP contribution in [-0.2, 0) is 4.74 Å². The van der Waals surface area contributed by atoms with Crippen LogP contribution in [0.1, 0.15) is 20.3 Å². The van der Waals surface area contributed by atoms with Gasteiger partial charge in [0.25, 0.3) is 0 Å². The Labute approximate surface area is 102 Å². The highest BCUT2D eigenvalue weighted by Crippen LogP contribution is 2.16. The highest BCUT2D eigenvalue weighted by atomic mass is 16.5. The summed E-state index contributed by atoms with van der Waals surface area (Å²) in [6.45, 7) is 5.77. The van der Waals surface area contributed by atoms with E-state index in [9.17, 15) is 0 Å². The monoisotopic (exact) mass is 239 g/mol. The Bertz CT molecular complexity index is 333. The van der Waals surface area contributed by atoms with Crippen LogP contribution in [0.25, 0.3) is 0 Å². The van der Waals surface area contributed by atoms with Crippen LogP contribution in [0.4, 0.5) is 11.8 Å². The van der Waals surface area contributed by atoms with Crippen molar-refractivity contribution in [1.29, 1.82) is 0 Å².